The molecule has 0 radical (unpaired) electrons. The number of likely N-dealkylation sites (N-methyl/N-ethyl adjacent to an activating group) is 1. The van der Waals surface area contributed by atoms with Gasteiger partial charge in [-0.2, -0.15) is 0 Å². The van der Waals surface area contributed by atoms with Crippen molar-refractivity contribution in [3.63, 3.8) is 0 Å². The molecule has 0 aliphatic carbocycles. The van der Waals surface area contributed by atoms with Crippen LogP contribution in [0.4, 0.5) is 0 Å². The highest BCUT2D eigenvalue weighted by atomic mass is 127. The maximum absolute atomic E-state index is 3.42. The maximum atomic E-state index is 3.42. The molecule has 0 spiro atoms. The second kappa shape index (κ2) is 6.01. The smallest absolute Gasteiger partial charge is 0.0130 e. The van der Waals surface area contributed by atoms with Gasteiger partial charge in [0.15, 0.2) is 0 Å². The Morgan fingerprint density at radius 1 is 1.19 bits per heavy atom. The van der Waals surface area contributed by atoms with Crippen molar-refractivity contribution in [2.75, 3.05) is 7.05 Å². The van der Waals surface area contributed by atoms with Crippen LogP contribution < -0.4 is 5.32 Å². The van der Waals surface area contributed by atoms with Gasteiger partial charge in [0.05, 0.1) is 0 Å². The highest BCUT2D eigenvalue weighted by Crippen LogP contribution is 2.22. The van der Waals surface area contributed by atoms with Gasteiger partial charge in [0, 0.05) is 9.61 Å². The van der Waals surface area contributed by atoms with Crippen molar-refractivity contribution < 1.29 is 0 Å². The third-order valence-corrected chi connectivity index (χ3v) is 3.38. The van der Waals surface area contributed by atoms with Crippen molar-refractivity contribution in [3.8, 4) is 0 Å². The molecule has 0 saturated carbocycles. The Bertz CT molecular complexity index is 311. The summed E-state index contributed by atoms with van der Waals surface area (Å²) in [6.07, 6.45) is 2.32. The molecule has 16 heavy (non-hydrogen) atoms. The Labute approximate surface area is 113 Å². The zero-order valence-corrected chi connectivity index (χ0v) is 12.8. The summed E-state index contributed by atoms with van der Waals surface area (Å²) in [6, 6.07) is 9.39. The molecule has 1 nitrogen and oxygen atoms in total. The van der Waals surface area contributed by atoms with Crippen LogP contribution in [0, 0.1) is 8.99 Å². The predicted molar refractivity (Wildman–Crippen MR) is 79.8 cm³/mol. The maximum Gasteiger partial charge on any atom is 0.0130 e. The molecule has 0 fully saturated rings. The first-order valence-corrected chi connectivity index (χ1v) is 6.90. The third kappa shape index (κ3) is 5.30. The second-order valence-corrected chi connectivity index (χ2v) is 6.83. The summed E-state index contributed by atoms with van der Waals surface area (Å²) in [5.41, 5.74) is 1.81. The van der Waals surface area contributed by atoms with Gasteiger partial charge in [-0.1, -0.05) is 32.9 Å². The van der Waals surface area contributed by atoms with E-state index in [9.17, 15) is 0 Å². The number of nitrogens with one attached hydrogen (secondary N) is 1. The summed E-state index contributed by atoms with van der Waals surface area (Å²) in [4.78, 5) is 0. The minimum absolute atomic E-state index is 0.386. The second-order valence-electron chi connectivity index (χ2n) is 5.58. The number of hydrogen-bond acceptors (Lipinski definition) is 1. The molecular formula is C14H22IN. The van der Waals surface area contributed by atoms with E-state index >= 15 is 0 Å². The van der Waals surface area contributed by atoms with Crippen LogP contribution >= 0.6 is 22.6 Å². The van der Waals surface area contributed by atoms with Crippen LogP contribution in [0.25, 0.3) is 0 Å². The van der Waals surface area contributed by atoms with Crippen molar-refractivity contribution in [1.82, 2.24) is 5.32 Å². The number of benzene rings is 1. The van der Waals surface area contributed by atoms with E-state index < -0.39 is 0 Å². The summed E-state index contributed by atoms with van der Waals surface area (Å²) < 4.78 is 1.30. The summed E-state index contributed by atoms with van der Waals surface area (Å²) in [5, 5.41) is 3.42. The van der Waals surface area contributed by atoms with Crippen LogP contribution in [-0.4, -0.2) is 13.1 Å². The molecule has 0 aromatic heterocycles. The van der Waals surface area contributed by atoms with E-state index in [1.54, 1.807) is 0 Å². The third-order valence-electron chi connectivity index (χ3n) is 2.66. The van der Waals surface area contributed by atoms with Crippen molar-refractivity contribution in [2.24, 2.45) is 5.41 Å². The Hall–Kier alpha value is -0.0900. The minimum atomic E-state index is 0.386. The highest BCUT2D eigenvalue weighted by Gasteiger charge is 2.17. The fraction of sp³-hybridized carbons (Fsp3) is 0.571. The fourth-order valence-corrected chi connectivity index (χ4v) is 2.28. The first-order chi connectivity index (χ1) is 7.40. The largest absolute Gasteiger partial charge is 0.317 e. The number of hydrogen-bond donors (Lipinski definition) is 1. The zero-order chi connectivity index (χ0) is 12.2. The molecule has 0 amide bonds. The van der Waals surface area contributed by atoms with E-state index in [2.05, 4.69) is 80.0 Å². The van der Waals surface area contributed by atoms with Gasteiger partial charge in [-0.3, -0.25) is 0 Å². The predicted octanol–water partition coefficient (Wildman–Crippen LogP) is 3.86. The monoisotopic (exact) mass is 331 g/mol. The molecule has 1 aromatic rings. The fourth-order valence-electron chi connectivity index (χ4n) is 1.92. The molecule has 1 atom stereocenters. The number of halogens is 1. The van der Waals surface area contributed by atoms with Gasteiger partial charge in [-0.15, -0.1) is 0 Å². The van der Waals surface area contributed by atoms with E-state index in [-0.39, 0.29) is 0 Å². The first-order valence-electron chi connectivity index (χ1n) is 5.82. The highest BCUT2D eigenvalue weighted by molar-refractivity contribution is 14.1. The van der Waals surface area contributed by atoms with Crippen LogP contribution in [0.2, 0.25) is 0 Å². The molecule has 2 heteroatoms. The van der Waals surface area contributed by atoms with Crippen molar-refractivity contribution in [2.45, 2.75) is 39.7 Å². The van der Waals surface area contributed by atoms with Crippen LogP contribution in [0.3, 0.4) is 0 Å². The van der Waals surface area contributed by atoms with Crippen LogP contribution in [-0.2, 0) is 6.42 Å². The normalized spacial score (nSPS) is 13.8. The molecular weight excluding hydrogens is 309 g/mol. The Morgan fingerprint density at radius 3 is 2.19 bits per heavy atom. The average Bonchev–Trinajstić information content (AvgIpc) is 2.18. The molecule has 90 valence electrons. The molecule has 1 unspecified atom stereocenters. The van der Waals surface area contributed by atoms with Gasteiger partial charge in [0.25, 0.3) is 0 Å². The van der Waals surface area contributed by atoms with Crippen molar-refractivity contribution >= 4 is 22.6 Å². The molecule has 0 aliphatic rings. The van der Waals surface area contributed by atoms with Gasteiger partial charge in [-0.25, -0.2) is 0 Å². The van der Waals surface area contributed by atoms with Gasteiger partial charge in [-0.05, 0) is 65.6 Å². The van der Waals surface area contributed by atoms with E-state index in [0.717, 1.165) is 6.42 Å². The SMILES string of the molecule is CNC(Cc1ccc(I)cc1)CC(C)(C)C. The van der Waals surface area contributed by atoms with Gasteiger partial charge in [0.2, 0.25) is 0 Å². The summed E-state index contributed by atoms with van der Waals surface area (Å²) >= 11 is 2.35. The molecule has 1 N–H and O–H groups in total. The van der Waals surface area contributed by atoms with Gasteiger partial charge >= 0.3 is 0 Å². The molecule has 1 rings (SSSR count). The Morgan fingerprint density at radius 2 is 1.75 bits per heavy atom. The lowest BCUT2D eigenvalue weighted by Gasteiger charge is -2.25. The van der Waals surface area contributed by atoms with Crippen molar-refractivity contribution in [3.05, 3.63) is 33.4 Å². The lowest BCUT2D eigenvalue weighted by molar-refractivity contribution is 0.316. The Kier molecular flexibility index (Phi) is 5.25. The lowest BCUT2D eigenvalue weighted by Crippen LogP contribution is -2.32. The van der Waals surface area contributed by atoms with E-state index in [0.29, 0.717) is 11.5 Å². The summed E-state index contributed by atoms with van der Waals surface area (Å²) in [5.74, 6) is 0. The molecule has 0 heterocycles. The van der Waals surface area contributed by atoms with E-state index in [4.69, 9.17) is 0 Å². The van der Waals surface area contributed by atoms with Crippen LogP contribution in [0.1, 0.15) is 32.8 Å². The van der Waals surface area contributed by atoms with Crippen LogP contribution in [0.5, 0.6) is 0 Å². The molecule has 0 saturated heterocycles. The van der Waals surface area contributed by atoms with Gasteiger partial charge < -0.3 is 5.32 Å². The summed E-state index contributed by atoms with van der Waals surface area (Å²) in [7, 11) is 2.06. The van der Waals surface area contributed by atoms with Gasteiger partial charge in [0.1, 0.15) is 0 Å². The van der Waals surface area contributed by atoms with Crippen molar-refractivity contribution in [1.29, 1.82) is 0 Å². The topological polar surface area (TPSA) is 12.0 Å². The van der Waals surface area contributed by atoms with E-state index in [1.807, 2.05) is 0 Å². The summed E-state index contributed by atoms with van der Waals surface area (Å²) in [6.45, 7) is 6.89. The van der Waals surface area contributed by atoms with Crippen LogP contribution in [0.15, 0.2) is 24.3 Å². The Balaban J connectivity index is 2.60. The average molecular weight is 331 g/mol. The quantitative estimate of drug-likeness (QED) is 0.826. The van der Waals surface area contributed by atoms with E-state index in [1.165, 1.54) is 15.6 Å². The first kappa shape index (κ1) is 14.0. The molecule has 1 aromatic carbocycles. The standard InChI is InChI=1S/C14H22IN/c1-14(2,3)10-13(16-4)9-11-5-7-12(15)8-6-11/h5-8,13,16H,9-10H2,1-4H3. The lowest BCUT2D eigenvalue weighted by atomic mass is 9.86. The minimum Gasteiger partial charge on any atom is -0.317 e. The molecule has 0 aliphatic heterocycles. The number of rotatable bonds is 4. The zero-order valence-electron chi connectivity index (χ0n) is 10.7. The molecule has 0 bridgehead atoms.